The summed E-state index contributed by atoms with van der Waals surface area (Å²) < 4.78 is 10.1. The number of hydrogen-bond acceptors (Lipinski definition) is 6. The Morgan fingerprint density at radius 1 is 1.06 bits per heavy atom. The van der Waals surface area contributed by atoms with E-state index in [4.69, 9.17) is 4.74 Å². The van der Waals surface area contributed by atoms with Gasteiger partial charge in [0.2, 0.25) is 5.91 Å². The lowest BCUT2D eigenvalue weighted by atomic mass is 10.0. The quantitative estimate of drug-likeness (QED) is 0.693. The minimum absolute atomic E-state index is 0.189. The Hall–Kier alpha value is -2.90. The third-order valence-electron chi connectivity index (χ3n) is 5.00. The maximum atomic E-state index is 13.3. The molecule has 0 bridgehead atoms. The van der Waals surface area contributed by atoms with Crippen molar-refractivity contribution in [3.05, 3.63) is 35.4 Å². The van der Waals surface area contributed by atoms with E-state index in [1.54, 1.807) is 20.8 Å². The first-order valence-electron chi connectivity index (χ1n) is 10.5. The van der Waals surface area contributed by atoms with E-state index in [1.165, 1.54) is 36.3 Å². The number of nitrogens with zero attached hydrogens (tertiary/aromatic N) is 1. The first kappa shape index (κ1) is 24.4. The molecule has 1 fully saturated rings. The van der Waals surface area contributed by atoms with Crippen molar-refractivity contribution in [2.75, 3.05) is 13.7 Å². The van der Waals surface area contributed by atoms with Gasteiger partial charge >= 0.3 is 11.9 Å². The van der Waals surface area contributed by atoms with Gasteiger partial charge in [0, 0.05) is 12.1 Å². The first-order chi connectivity index (χ1) is 14.4. The molecule has 1 N–H and O–H groups in total. The van der Waals surface area contributed by atoms with Crippen LogP contribution in [0.25, 0.3) is 0 Å². The second-order valence-electron chi connectivity index (χ2n) is 8.99. The third-order valence-corrected chi connectivity index (χ3v) is 5.00. The molecule has 0 aliphatic carbocycles. The molecule has 2 atom stereocenters. The third kappa shape index (κ3) is 6.29. The molecule has 1 aliphatic heterocycles. The predicted octanol–water partition coefficient (Wildman–Crippen LogP) is 2.56. The highest BCUT2D eigenvalue weighted by Gasteiger charge is 2.40. The molecule has 8 heteroatoms. The number of likely N-dealkylation sites (tertiary alicyclic amines) is 1. The van der Waals surface area contributed by atoms with Crippen molar-refractivity contribution in [3.63, 3.8) is 0 Å². The number of benzene rings is 1. The molecule has 2 amide bonds. The molecule has 8 nitrogen and oxygen atoms in total. The molecule has 31 heavy (non-hydrogen) atoms. The summed E-state index contributed by atoms with van der Waals surface area (Å²) in [5.74, 6) is -1.85. The van der Waals surface area contributed by atoms with Crippen LogP contribution < -0.4 is 5.32 Å². The second kappa shape index (κ2) is 9.94. The van der Waals surface area contributed by atoms with Gasteiger partial charge < -0.3 is 19.7 Å². The summed E-state index contributed by atoms with van der Waals surface area (Å²) in [5.41, 5.74) is 0.000171. The van der Waals surface area contributed by atoms with Gasteiger partial charge in [-0.05, 0) is 63.8 Å². The van der Waals surface area contributed by atoms with E-state index in [0.717, 1.165) is 0 Å². The van der Waals surface area contributed by atoms with Crippen LogP contribution in [-0.2, 0) is 19.1 Å². The zero-order chi connectivity index (χ0) is 23.3. The van der Waals surface area contributed by atoms with Crippen molar-refractivity contribution in [1.29, 1.82) is 0 Å². The summed E-state index contributed by atoms with van der Waals surface area (Å²) >= 11 is 0. The molecule has 2 rings (SSSR count). The molecule has 1 aromatic carbocycles. The van der Waals surface area contributed by atoms with Gasteiger partial charge in [-0.2, -0.15) is 0 Å². The van der Waals surface area contributed by atoms with Crippen molar-refractivity contribution in [2.45, 2.75) is 65.1 Å². The lowest BCUT2D eigenvalue weighted by molar-refractivity contribution is -0.163. The number of rotatable bonds is 6. The minimum atomic E-state index is -0.796. The van der Waals surface area contributed by atoms with E-state index >= 15 is 0 Å². The van der Waals surface area contributed by atoms with Crippen molar-refractivity contribution >= 4 is 23.8 Å². The molecular formula is C23H32N2O6. The molecule has 170 valence electrons. The van der Waals surface area contributed by atoms with Gasteiger partial charge in [0.1, 0.15) is 17.7 Å². The second-order valence-corrected chi connectivity index (χ2v) is 8.99. The highest BCUT2D eigenvalue weighted by molar-refractivity contribution is 5.99. The predicted molar refractivity (Wildman–Crippen MR) is 114 cm³/mol. The molecule has 1 aliphatic rings. The van der Waals surface area contributed by atoms with E-state index < -0.39 is 35.5 Å². The summed E-state index contributed by atoms with van der Waals surface area (Å²) in [5, 5.41) is 2.78. The Bertz CT molecular complexity index is 825. The molecule has 0 radical (unpaired) electrons. The zero-order valence-corrected chi connectivity index (χ0v) is 19.1. The van der Waals surface area contributed by atoms with Gasteiger partial charge in [0.25, 0.3) is 5.91 Å². The van der Waals surface area contributed by atoms with Crippen LogP contribution in [0.15, 0.2) is 24.3 Å². The van der Waals surface area contributed by atoms with E-state index in [2.05, 4.69) is 10.1 Å². The van der Waals surface area contributed by atoms with E-state index in [1.807, 2.05) is 13.8 Å². The van der Waals surface area contributed by atoms with Crippen LogP contribution >= 0.6 is 0 Å². The minimum Gasteiger partial charge on any atom is -0.465 e. The lowest BCUT2D eigenvalue weighted by Gasteiger charge is -2.31. The summed E-state index contributed by atoms with van der Waals surface area (Å²) in [7, 11) is 1.28. The number of methoxy groups -OCH3 is 1. The fraction of sp³-hybridized carbons (Fsp3) is 0.565. The number of ether oxygens (including phenoxy) is 2. The van der Waals surface area contributed by atoms with Crippen molar-refractivity contribution < 1.29 is 28.7 Å². The molecule has 0 aromatic heterocycles. The Morgan fingerprint density at radius 2 is 1.65 bits per heavy atom. The number of hydrogen-bond donors (Lipinski definition) is 1. The van der Waals surface area contributed by atoms with Crippen LogP contribution in [0.3, 0.4) is 0 Å². The molecule has 0 saturated carbocycles. The summed E-state index contributed by atoms with van der Waals surface area (Å²) in [6, 6.07) is 4.55. The molecule has 0 spiro atoms. The largest absolute Gasteiger partial charge is 0.465 e. The Labute approximate surface area is 183 Å². The Morgan fingerprint density at radius 3 is 2.16 bits per heavy atom. The number of nitrogens with one attached hydrogen (secondary N) is 1. The van der Waals surface area contributed by atoms with Gasteiger partial charge in [-0.15, -0.1) is 0 Å². The van der Waals surface area contributed by atoms with Crippen molar-refractivity contribution in [1.82, 2.24) is 10.2 Å². The number of carbonyl (C=O) groups is 4. The van der Waals surface area contributed by atoms with Gasteiger partial charge in [-0.1, -0.05) is 13.8 Å². The average Bonchev–Trinajstić information content (AvgIpc) is 3.19. The highest BCUT2D eigenvalue weighted by Crippen LogP contribution is 2.23. The topological polar surface area (TPSA) is 102 Å². The molecular weight excluding hydrogens is 400 g/mol. The van der Waals surface area contributed by atoms with Crippen LogP contribution in [0.1, 0.15) is 68.2 Å². The maximum Gasteiger partial charge on any atom is 0.337 e. The van der Waals surface area contributed by atoms with Gasteiger partial charge in [-0.25, -0.2) is 9.59 Å². The fourth-order valence-electron chi connectivity index (χ4n) is 3.44. The SMILES string of the molecule is COC(=O)c1ccc(C(=O)N[C@H](C(=O)N2CCC[C@H]2C(=O)OC(C)(C)C)C(C)C)cc1. The standard InChI is InChI=1S/C23H32N2O6/c1-14(2)18(24-19(26)15-9-11-16(12-10-15)21(28)30-6)20(27)25-13-7-8-17(25)22(29)31-23(3,4)5/h9-12,14,17-18H,7-8,13H2,1-6H3,(H,24,26)/t17-,18-/m0/s1. The van der Waals surface area contributed by atoms with Crippen LogP contribution in [0, 0.1) is 5.92 Å². The van der Waals surface area contributed by atoms with E-state index in [0.29, 0.717) is 30.5 Å². The monoisotopic (exact) mass is 432 g/mol. The average molecular weight is 433 g/mol. The number of amides is 2. The van der Waals surface area contributed by atoms with E-state index in [9.17, 15) is 19.2 Å². The Balaban J connectivity index is 2.13. The molecule has 1 saturated heterocycles. The first-order valence-corrected chi connectivity index (χ1v) is 10.5. The van der Waals surface area contributed by atoms with Gasteiger partial charge in [0.05, 0.1) is 12.7 Å². The Kier molecular flexibility index (Phi) is 7.81. The fourth-order valence-corrected chi connectivity index (χ4v) is 3.44. The lowest BCUT2D eigenvalue weighted by Crippen LogP contribution is -2.54. The zero-order valence-electron chi connectivity index (χ0n) is 19.1. The van der Waals surface area contributed by atoms with Crippen LogP contribution in [0.5, 0.6) is 0 Å². The van der Waals surface area contributed by atoms with Crippen molar-refractivity contribution in [2.24, 2.45) is 5.92 Å². The number of esters is 2. The summed E-state index contributed by atoms with van der Waals surface area (Å²) in [4.78, 5) is 51.7. The maximum absolute atomic E-state index is 13.3. The number of carbonyl (C=O) groups excluding carboxylic acids is 4. The van der Waals surface area contributed by atoms with E-state index in [-0.39, 0.29) is 11.8 Å². The van der Waals surface area contributed by atoms with Gasteiger partial charge in [0.15, 0.2) is 0 Å². The van der Waals surface area contributed by atoms with Crippen LogP contribution in [-0.4, -0.2) is 60.0 Å². The normalized spacial score (nSPS) is 17.3. The summed E-state index contributed by atoms with van der Waals surface area (Å²) in [6.07, 6.45) is 1.23. The smallest absolute Gasteiger partial charge is 0.337 e. The molecule has 1 aromatic rings. The van der Waals surface area contributed by atoms with Crippen molar-refractivity contribution in [3.8, 4) is 0 Å². The van der Waals surface area contributed by atoms with Crippen LogP contribution in [0.4, 0.5) is 0 Å². The highest BCUT2D eigenvalue weighted by atomic mass is 16.6. The van der Waals surface area contributed by atoms with Gasteiger partial charge in [-0.3, -0.25) is 9.59 Å². The molecule has 0 unspecified atom stereocenters. The summed E-state index contributed by atoms with van der Waals surface area (Å²) in [6.45, 7) is 9.47. The molecule has 1 heterocycles. The van der Waals surface area contributed by atoms with Crippen LogP contribution in [0.2, 0.25) is 0 Å².